The molecule has 1 aromatic carbocycles. The zero-order valence-corrected chi connectivity index (χ0v) is 11.8. The molecule has 4 nitrogen and oxygen atoms in total. The number of hydrogen-bond donors (Lipinski definition) is 1. The lowest BCUT2D eigenvalue weighted by Gasteiger charge is -2.19. The summed E-state index contributed by atoms with van der Waals surface area (Å²) in [5.74, 6) is -2.51. The summed E-state index contributed by atoms with van der Waals surface area (Å²) in [6.07, 6.45) is 5.22. The van der Waals surface area contributed by atoms with E-state index in [1.807, 2.05) is 0 Å². The van der Waals surface area contributed by atoms with E-state index in [0.29, 0.717) is 12.1 Å². The lowest BCUT2D eigenvalue weighted by atomic mass is 10.1. The Morgan fingerprint density at radius 2 is 1.70 bits per heavy atom. The summed E-state index contributed by atoms with van der Waals surface area (Å²) in [7, 11) is -4.24. The molecule has 20 heavy (non-hydrogen) atoms. The van der Waals surface area contributed by atoms with E-state index in [1.165, 1.54) is 0 Å². The predicted octanol–water partition coefficient (Wildman–Crippen LogP) is 2.71. The molecule has 1 aromatic rings. The lowest BCUT2D eigenvalue weighted by molar-refractivity contribution is 0.170. The molecule has 1 aliphatic rings. The normalized spacial score (nSPS) is 17.8. The van der Waals surface area contributed by atoms with Gasteiger partial charge in [-0.3, -0.25) is 0 Å². The van der Waals surface area contributed by atoms with Crippen LogP contribution in [0.4, 0.5) is 8.78 Å². The van der Waals surface area contributed by atoms with Crippen LogP contribution in [0, 0.1) is 11.6 Å². The minimum Gasteiger partial charge on any atom is -0.486 e. The van der Waals surface area contributed by atoms with Gasteiger partial charge < -0.3 is 4.74 Å². The van der Waals surface area contributed by atoms with Gasteiger partial charge >= 0.3 is 0 Å². The molecule has 0 spiro atoms. The highest BCUT2D eigenvalue weighted by atomic mass is 32.2. The molecule has 1 fully saturated rings. The zero-order chi connectivity index (χ0) is 14.8. The van der Waals surface area contributed by atoms with Crippen LogP contribution in [-0.4, -0.2) is 14.5 Å². The lowest BCUT2D eigenvalue weighted by Crippen LogP contribution is -2.20. The topological polar surface area (TPSA) is 69.4 Å². The maximum absolute atomic E-state index is 13.8. The van der Waals surface area contributed by atoms with Gasteiger partial charge in [-0.05, 0) is 31.7 Å². The fourth-order valence-electron chi connectivity index (χ4n) is 2.39. The summed E-state index contributed by atoms with van der Waals surface area (Å²) in [5, 5.41) is 4.99. The molecule has 1 aliphatic carbocycles. The van der Waals surface area contributed by atoms with Gasteiger partial charge in [0.1, 0.15) is 10.7 Å². The van der Waals surface area contributed by atoms with Crippen LogP contribution in [0.2, 0.25) is 0 Å². The van der Waals surface area contributed by atoms with E-state index in [4.69, 9.17) is 9.88 Å². The van der Waals surface area contributed by atoms with Crippen molar-refractivity contribution in [1.29, 1.82) is 0 Å². The highest BCUT2D eigenvalue weighted by Gasteiger charge is 2.24. The van der Waals surface area contributed by atoms with Gasteiger partial charge in [0.2, 0.25) is 10.0 Å². The van der Waals surface area contributed by atoms with Crippen LogP contribution in [0.1, 0.15) is 38.5 Å². The van der Waals surface area contributed by atoms with Crippen molar-refractivity contribution in [3.8, 4) is 5.75 Å². The van der Waals surface area contributed by atoms with Crippen molar-refractivity contribution in [2.75, 3.05) is 0 Å². The first-order chi connectivity index (χ1) is 9.38. The SMILES string of the molecule is NS(=O)(=O)c1cc(F)cc(F)c1OC1CCCCCC1. The number of sulfonamides is 1. The standard InChI is InChI=1S/C13H17F2NO3S/c14-9-7-11(15)13(12(8-9)20(16,17)18)19-10-5-3-1-2-4-6-10/h7-8,10H,1-6H2,(H2,16,17,18). The van der Waals surface area contributed by atoms with Crippen LogP contribution in [0.3, 0.4) is 0 Å². The Balaban J connectivity index is 2.34. The molecule has 1 saturated carbocycles. The molecule has 0 unspecified atom stereocenters. The van der Waals surface area contributed by atoms with E-state index in [0.717, 1.165) is 38.5 Å². The molecule has 0 amide bonds. The molecule has 7 heteroatoms. The van der Waals surface area contributed by atoms with Gasteiger partial charge in [0, 0.05) is 6.07 Å². The quantitative estimate of drug-likeness (QED) is 0.873. The van der Waals surface area contributed by atoms with E-state index >= 15 is 0 Å². The maximum atomic E-state index is 13.8. The first-order valence-corrected chi connectivity index (χ1v) is 8.11. The Morgan fingerprint density at radius 3 is 2.25 bits per heavy atom. The summed E-state index contributed by atoms with van der Waals surface area (Å²) in [4.78, 5) is -0.640. The van der Waals surface area contributed by atoms with Gasteiger partial charge in [-0.25, -0.2) is 22.3 Å². The largest absolute Gasteiger partial charge is 0.486 e. The molecule has 0 bridgehead atoms. The van der Waals surface area contributed by atoms with Crippen LogP contribution in [0.15, 0.2) is 17.0 Å². The summed E-state index contributed by atoms with van der Waals surface area (Å²) in [6, 6.07) is 1.28. The van der Waals surface area contributed by atoms with Crippen molar-refractivity contribution in [2.45, 2.75) is 49.5 Å². The van der Waals surface area contributed by atoms with Gasteiger partial charge in [-0.2, -0.15) is 0 Å². The first kappa shape index (κ1) is 15.2. The molecular weight excluding hydrogens is 288 g/mol. The van der Waals surface area contributed by atoms with Gasteiger partial charge in [-0.1, -0.05) is 12.8 Å². The van der Waals surface area contributed by atoms with Crippen LogP contribution < -0.4 is 9.88 Å². The van der Waals surface area contributed by atoms with Crippen LogP contribution in [0.5, 0.6) is 5.75 Å². The number of benzene rings is 1. The van der Waals surface area contributed by atoms with Crippen LogP contribution in [-0.2, 0) is 10.0 Å². The fraction of sp³-hybridized carbons (Fsp3) is 0.538. The third kappa shape index (κ3) is 3.67. The number of nitrogens with two attached hydrogens (primary N) is 1. The van der Waals surface area contributed by atoms with E-state index in [1.54, 1.807) is 0 Å². The Hall–Kier alpha value is -1.21. The second kappa shape index (κ2) is 6.05. The molecular formula is C13H17F2NO3S. The summed E-state index contributed by atoms with van der Waals surface area (Å²) in [6.45, 7) is 0. The smallest absolute Gasteiger partial charge is 0.241 e. The Labute approximate surface area is 117 Å². The van der Waals surface area contributed by atoms with Gasteiger partial charge in [0.15, 0.2) is 11.6 Å². The van der Waals surface area contributed by atoms with Crippen molar-refractivity contribution in [3.63, 3.8) is 0 Å². The van der Waals surface area contributed by atoms with Crippen molar-refractivity contribution in [1.82, 2.24) is 0 Å². The molecule has 2 N–H and O–H groups in total. The molecule has 0 radical (unpaired) electrons. The maximum Gasteiger partial charge on any atom is 0.241 e. The van der Waals surface area contributed by atoms with E-state index in [9.17, 15) is 17.2 Å². The van der Waals surface area contributed by atoms with Crippen molar-refractivity contribution in [2.24, 2.45) is 5.14 Å². The van der Waals surface area contributed by atoms with E-state index < -0.39 is 32.3 Å². The highest BCUT2D eigenvalue weighted by Crippen LogP contribution is 2.31. The first-order valence-electron chi connectivity index (χ1n) is 6.56. The van der Waals surface area contributed by atoms with Gasteiger partial charge in [0.25, 0.3) is 0 Å². The molecule has 112 valence electrons. The Bertz CT molecular complexity index is 582. The van der Waals surface area contributed by atoms with Crippen molar-refractivity contribution >= 4 is 10.0 Å². The molecule has 0 saturated heterocycles. The van der Waals surface area contributed by atoms with E-state index in [2.05, 4.69) is 0 Å². The third-order valence-corrected chi connectivity index (χ3v) is 4.28. The third-order valence-electron chi connectivity index (χ3n) is 3.37. The minimum absolute atomic E-state index is 0.266. The average molecular weight is 305 g/mol. The molecule has 0 aromatic heterocycles. The Kier molecular flexibility index (Phi) is 4.59. The highest BCUT2D eigenvalue weighted by molar-refractivity contribution is 7.89. The summed E-state index contributed by atoms with van der Waals surface area (Å²) >= 11 is 0. The van der Waals surface area contributed by atoms with Crippen LogP contribution in [0.25, 0.3) is 0 Å². The van der Waals surface area contributed by atoms with Gasteiger partial charge in [-0.15, -0.1) is 0 Å². The number of halogens is 2. The monoisotopic (exact) mass is 305 g/mol. The number of ether oxygens (including phenoxy) is 1. The van der Waals surface area contributed by atoms with Gasteiger partial charge in [0.05, 0.1) is 6.10 Å². The second-order valence-electron chi connectivity index (χ2n) is 4.99. The summed E-state index contributed by atoms with van der Waals surface area (Å²) < 4.78 is 55.3. The number of hydrogen-bond acceptors (Lipinski definition) is 3. The fourth-order valence-corrected chi connectivity index (χ4v) is 3.07. The molecule has 0 heterocycles. The second-order valence-corrected chi connectivity index (χ2v) is 6.52. The van der Waals surface area contributed by atoms with E-state index in [-0.39, 0.29) is 6.10 Å². The summed E-state index contributed by atoms with van der Waals surface area (Å²) in [5.41, 5.74) is 0. The number of primary sulfonamides is 1. The number of rotatable bonds is 3. The average Bonchev–Trinajstić information content (AvgIpc) is 2.59. The molecule has 0 aliphatic heterocycles. The Morgan fingerprint density at radius 1 is 1.10 bits per heavy atom. The van der Waals surface area contributed by atoms with Crippen molar-refractivity contribution in [3.05, 3.63) is 23.8 Å². The molecule has 2 rings (SSSR count). The zero-order valence-electron chi connectivity index (χ0n) is 10.9. The van der Waals surface area contributed by atoms with Crippen LogP contribution >= 0.6 is 0 Å². The van der Waals surface area contributed by atoms with Crippen molar-refractivity contribution < 1.29 is 21.9 Å². The minimum atomic E-state index is -4.24. The molecule has 0 atom stereocenters. The predicted molar refractivity (Wildman–Crippen MR) is 69.8 cm³/mol.